The lowest BCUT2D eigenvalue weighted by Gasteiger charge is -2.16. The zero-order valence-corrected chi connectivity index (χ0v) is 10.5. The van der Waals surface area contributed by atoms with Crippen molar-refractivity contribution in [1.82, 2.24) is 19.9 Å². The predicted molar refractivity (Wildman–Crippen MR) is 61.1 cm³/mol. The van der Waals surface area contributed by atoms with E-state index >= 15 is 0 Å². The molecule has 0 aromatic carbocycles. The number of aromatic nitrogens is 2. The standard InChI is InChI=1S/C11H18N4O2/c1-8-12-10(13-17-8)7-15-5-4-9(6-15)11(16)14(2)3/h9H,4-7H2,1-3H3. The zero-order valence-electron chi connectivity index (χ0n) is 10.5. The number of carbonyl (C=O) groups excluding carboxylic acids is 1. The molecule has 0 aliphatic carbocycles. The summed E-state index contributed by atoms with van der Waals surface area (Å²) in [6, 6.07) is 0. The van der Waals surface area contributed by atoms with Crippen LogP contribution in [0.25, 0.3) is 0 Å². The number of amides is 1. The Morgan fingerprint density at radius 3 is 2.94 bits per heavy atom. The van der Waals surface area contributed by atoms with Gasteiger partial charge in [-0.05, 0) is 13.0 Å². The molecule has 0 radical (unpaired) electrons. The Balaban J connectivity index is 1.88. The molecule has 1 amide bonds. The Labute approximate surface area is 101 Å². The molecule has 2 rings (SSSR count). The van der Waals surface area contributed by atoms with Crippen molar-refractivity contribution in [3.63, 3.8) is 0 Å². The van der Waals surface area contributed by atoms with E-state index in [2.05, 4.69) is 15.0 Å². The maximum atomic E-state index is 11.8. The average molecular weight is 238 g/mol. The molecule has 1 fully saturated rings. The van der Waals surface area contributed by atoms with Crippen LogP contribution in [0.2, 0.25) is 0 Å². The van der Waals surface area contributed by atoms with E-state index < -0.39 is 0 Å². The second-order valence-electron chi connectivity index (χ2n) is 4.68. The molecule has 1 saturated heterocycles. The number of aryl methyl sites for hydroxylation is 1. The minimum absolute atomic E-state index is 0.109. The highest BCUT2D eigenvalue weighted by Gasteiger charge is 2.29. The average Bonchev–Trinajstić information content (AvgIpc) is 2.87. The molecule has 17 heavy (non-hydrogen) atoms. The van der Waals surface area contributed by atoms with Gasteiger partial charge in [0.2, 0.25) is 11.8 Å². The van der Waals surface area contributed by atoms with Crippen LogP contribution in [0.1, 0.15) is 18.1 Å². The Morgan fingerprint density at radius 1 is 1.59 bits per heavy atom. The SMILES string of the molecule is Cc1nc(CN2CCC(C(=O)N(C)C)C2)no1. The Hall–Kier alpha value is -1.43. The van der Waals surface area contributed by atoms with Crippen LogP contribution in [-0.2, 0) is 11.3 Å². The van der Waals surface area contributed by atoms with Crippen LogP contribution in [0.4, 0.5) is 0 Å². The van der Waals surface area contributed by atoms with Crippen LogP contribution >= 0.6 is 0 Å². The highest BCUT2D eigenvalue weighted by atomic mass is 16.5. The molecule has 6 nitrogen and oxygen atoms in total. The smallest absolute Gasteiger partial charge is 0.226 e. The van der Waals surface area contributed by atoms with Gasteiger partial charge < -0.3 is 9.42 Å². The summed E-state index contributed by atoms with van der Waals surface area (Å²) in [5.74, 6) is 1.59. The van der Waals surface area contributed by atoms with Gasteiger partial charge in [-0.1, -0.05) is 5.16 Å². The van der Waals surface area contributed by atoms with Gasteiger partial charge in [0.15, 0.2) is 5.82 Å². The van der Waals surface area contributed by atoms with E-state index in [1.807, 2.05) is 0 Å². The van der Waals surface area contributed by atoms with E-state index in [0.717, 1.165) is 19.5 Å². The molecular weight excluding hydrogens is 220 g/mol. The summed E-state index contributed by atoms with van der Waals surface area (Å²) in [5, 5.41) is 3.86. The van der Waals surface area contributed by atoms with Gasteiger partial charge in [-0.15, -0.1) is 0 Å². The lowest BCUT2D eigenvalue weighted by Crippen LogP contribution is -2.31. The summed E-state index contributed by atoms with van der Waals surface area (Å²) >= 11 is 0. The molecule has 0 spiro atoms. The first-order chi connectivity index (χ1) is 8.06. The highest BCUT2D eigenvalue weighted by Crippen LogP contribution is 2.19. The summed E-state index contributed by atoms with van der Waals surface area (Å²) in [6.07, 6.45) is 0.911. The molecule has 1 atom stereocenters. The number of likely N-dealkylation sites (tertiary alicyclic amines) is 1. The van der Waals surface area contributed by atoms with E-state index in [1.165, 1.54) is 0 Å². The summed E-state index contributed by atoms with van der Waals surface area (Å²) < 4.78 is 4.92. The van der Waals surface area contributed by atoms with E-state index in [0.29, 0.717) is 18.3 Å². The second kappa shape index (κ2) is 4.83. The van der Waals surface area contributed by atoms with Crippen LogP contribution < -0.4 is 0 Å². The van der Waals surface area contributed by atoms with Crippen molar-refractivity contribution in [3.8, 4) is 0 Å². The quantitative estimate of drug-likeness (QED) is 0.757. The van der Waals surface area contributed by atoms with Crippen LogP contribution in [0.15, 0.2) is 4.52 Å². The molecule has 1 aliphatic heterocycles. The Morgan fingerprint density at radius 2 is 2.35 bits per heavy atom. The third-order valence-corrected chi connectivity index (χ3v) is 3.00. The second-order valence-corrected chi connectivity index (χ2v) is 4.68. The van der Waals surface area contributed by atoms with Crippen molar-refractivity contribution in [2.24, 2.45) is 5.92 Å². The fourth-order valence-electron chi connectivity index (χ4n) is 2.15. The van der Waals surface area contributed by atoms with Crippen molar-refractivity contribution in [2.45, 2.75) is 19.9 Å². The van der Waals surface area contributed by atoms with Gasteiger partial charge in [0, 0.05) is 27.6 Å². The topological polar surface area (TPSA) is 62.5 Å². The summed E-state index contributed by atoms with van der Waals surface area (Å²) in [6.45, 7) is 4.13. The van der Waals surface area contributed by atoms with Gasteiger partial charge in [-0.3, -0.25) is 9.69 Å². The van der Waals surface area contributed by atoms with Gasteiger partial charge in [0.1, 0.15) is 0 Å². The molecule has 6 heteroatoms. The Bertz CT molecular complexity index is 402. The zero-order chi connectivity index (χ0) is 12.4. The molecule has 2 heterocycles. The van der Waals surface area contributed by atoms with E-state index in [1.54, 1.807) is 25.9 Å². The van der Waals surface area contributed by atoms with Crippen LogP contribution in [0.3, 0.4) is 0 Å². The maximum absolute atomic E-state index is 11.8. The minimum atomic E-state index is 0.109. The molecule has 1 unspecified atom stereocenters. The number of carbonyl (C=O) groups is 1. The summed E-state index contributed by atoms with van der Waals surface area (Å²) in [7, 11) is 3.60. The van der Waals surface area contributed by atoms with Crippen molar-refractivity contribution in [2.75, 3.05) is 27.2 Å². The lowest BCUT2D eigenvalue weighted by atomic mass is 10.1. The normalized spacial score (nSPS) is 20.8. The maximum Gasteiger partial charge on any atom is 0.226 e. The summed E-state index contributed by atoms with van der Waals surface area (Å²) in [4.78, 5) is 19.8. The number of rotatable bonds is 3. The van der Waals surface area contributed by atoms with Crippen molar-refractivity contribution < 1.29 is 9.32 Å². The first kappa shape index (κ1) is 12.0. The largest absolute Gasteiger partial charge is 0.349 e. The number of hydrogen-bond acceptors (Lipinski definition) is 5. The fourth-order valence-corrected chi connectivity index (χ4v) is 2.15. The monoisotopic (exact) mass is 238 g/mol. The first-order valence-corrected chi connectivity index (χ1v) is 5.79. The van der Waals surface area contributed by atoms with Gasteiger partial charge in [0.05, 0.1) is 12.5 Å². The lowest BCUT2D eigenvalue weighted by molar-refractivity contribution is -0.132. The highest BCUT2D eigenvalue weighted by molar-refractivity contribution is 5.78. The third-order valence-electron chi connectivity index (χ3n) is 3.00. The molecule has 0 N–H and O–H groups in total. The molecular formula is C11H18N4O2. The van der Waals surface area contributed by atoms with Gasteiger partial charge >= 0.3 is 0 Å². The molecule has 1 aliphatic rings. The third kappa shape index (κ3) is 2.82. The number of hydrogen-bond donors (Lipinski definition) is 0. The van der Waals surface area contributed by atoms with Crippen LogP contribution in [0.5, 0.6) is 0 Å². The van der Waals surface area contributed by atoms with E-state index in [9.17, 15) is 4.79 Å². The fraction of sp³-hybridized carbons (Fsp3) is 0.727. The molecule has 0 bridgehead atoms. The van der Waals surface area contributed by atoms with E-state index in [4.69, 9.17) is 4.52 Å². The number of nitrogens with zero attached hydrogens (tertiary/aromatic N) is 4. The van der Waals surface area contributed by atoms with Gasteiger partial charge in [-0.2, -0.15) is 4.98 Å². The Kier molecular flexibility index (Phi) is 3.42. The van der Waals surface area contributed by atoms with Crippen molar-refractivity contribution in [3.05, 3.63) is 11.7 Å². The summed E-state index contributed by atoms with van der Waals surface area (Å²) in [5.41, 5.74) is 0. The molecule has 1 aromatic heterocycles. The predicted octanol–water partition coefficient (Wildman–Crippen LogP) is 0.288. The molecule has 0 saturated carbocycles. The molecule has 94 valence electrons. The van der Waals surface area contributed by atoms with Crippen LogP contribution in [-0.4, -0.2) is 53.0 Å². The van der Waals surface area contributed by atoms with Crippen LogP contribution in [0, 0.1) is 12.8 Å². The van der Waals surface area contributed by atoms with Crippen molar-refractivity contribution >= 4 is 5.91 Å². The van der Waals surface area contributed by atoms with Crippen molar-refractivity contribution in [1.29, 1.82) is 0 Å². The van der Waals surface area contributed by atoms with E-state index in [-0.39, 0.29) is 11.8 Å². The van der Waals surface area contributed by atoms with Gasteiger partial charge in [-0.25, -0.2) is 0 Å². The first-order valence-electron chi connectivity index (χ1n) is 5.79. The van der Waals surface area contributed by atoms with Gasteiger partial charge in [0.25, 0.3) is 0 Å². The minimum Gasteiger partial charge on any atom is -0.349 e. The molecule has 1 aromatic rings.